The molecule has 1 aromatic carbocycles. The van der Waals surface area contributed by atoms with Gasteiger partial charge in [-0.3, -0.25) is 0 Å². The van der Waals surface area contributed by atoms with Gasteiger partial charge in [-0.1, -0.05) is 6.07 Å². The van der Waals surface area contributed by atoms with E-state index in [0.29, 0.717) is 0 Å². The Morgan fingerprint density at radius 1 is 1.44 bits per heavy atom. The maximum Gasteiger partial charge on any atom is 0.235 e. The Bertz CT molecular complexity index is 577. The van der Waals surface area contributed by atoms with Crippen LogP contribution < -0.4 is 0 Å². The van der Waals surface area contributed by atoms with Crippen LogP contribution in [0.25, 0.3) is 11.1 Å². The first-order chi connectivity index (χ1) is 7.84. The number of hydrogen-bond acceptors (Lipinski definition) is 4. The Balaban J connectivity index is 2.13. The highest BCUT2D eigenvalue weighted by Gasteiger charge is 2.39. The molecule has 80 valence electrons. The summed E-state index contributed by atoms with van der Waals surface area (Å²) in [6.07, 6.45) is 6.02. The Morgan fingerprint density at radius 2 is 2.31 bits per heavy atom. The summed E-state index contributed by atoms with van der Waals surface area (Å²) >= 11 is 0. The highest BCUT2D eigenvalue weighted by atomic mass is 16.3. The molecule has 0 unspecified atom stereocenters. The zero-order valence-corrected chi connectivity index (χ0v) is 8.64. The molecule has 1 aromatic heterocycles. The van der Waals surface area contributed by atoms with Gasteiger partial charge in [0, 0.05) is 0 Å². The lowest BCUT2D eigenvalue weighted by Crippen LogP contribution is -2.31. The van der Waals surface area contributed by atoms with Crippen LogP contribution in [0.15, 0.2) is 34.0 Å². The molecule has 4 nitrogen and oxygen atoms in total. The van der Waals surface area contributed by atoms with Crippen LogP contribution in [0, 0.1) is 0 Å². The summed E-state index contributed by atoms with van der Waals surface area (Å²) < 4.78 is 5.18. The number of isocyanates is 1. The molecule has 2 aromatic rings. The van der Waals surface area contributed by atoms with Gasteiger partial charge in [-0.2, -0.15) is 4.99 Å². The number of hydrogen-bond donors (Lipinski definition) is 0. The number of aromatic nitrogens is 1. The Kier molecular flexibility index (Phi) is 1.91. The smallest absolute Gasteiger partial charge is 0.235 e. The van der Waals surface area contributed by atoms with Gasteiger partial charge in [0.1, 0.15) is 5.52 Å². The minimum atomic E-state index is -0.352. The molecule has 1 aliphatic rings. The van der Waals surface area contributed by atoms with Gasteiger partial charge in [0.15, 0.2) is 12.0 Å². The summed E-state index contributed by atoms with van der Waals surface area (Å²) in [6.45, 7) is 0. The van der Waals surface area contributed by atoms with Crippen molar-refractivity contribution in [3.63, 3.8) is 0 Å². The fourth-order valence-electron chi connectivity index (χ4n) is 2.21. The summed E-state index contributed by atoms with van der Waals surface area (Å²) in [5.41, 5.74) is 2.25. The van der Waals surface area contributed by atoms with E-state index in [1.165, 1.54) is 6.39 Å². The van der Waals surface area contributed by atoms with Crippen molar-refractivity contribution < 1.29 is 9.21 Å². The van der Waals surface area contributed by atoms with E-state index in [1.807, 2.05) is 18.2 Å². The van der Waals surface area contributed by atoms with Gasteiger partial charge in [-0.05, 0) is 37.0 Å². The van der Waals surface area contributed by atoms with Gasteiger partial charge in [-0.25, -0.2) is 9.78 Å². The summed E-state index contributed by atoms with van der Waals surface area (Å²) in [7, 11) is 0. The van der Waals surface area contributed by atoms with Crippen LogP contribution in [0.1, 0.15) is 24.8 Å². The molecule has 1 heterocycles. The lowest BCUT2D eigenvalue weighted by atomic mass is 9.72. The summed E-state index contributed by atoms with van der Waals surface area (Å²) in [5.74, 6) is 0. The largest absolute Gasteiger partial charge is 0.443 e. The second-order valence-electron chi connectivity index (χ2n) is 4.12. The van der Waals surface area contributed by atoms with Crippen LogP contribution in [0.3, 0.4) is 0 Å². The molecule has 1 aliphatic carbocycles. The zero-order chi connectivity index (χ0) is 11.0. The molecule has 1 fully saturated rings. The average molecular weight is 214 g/mol. The molecule has 1 saturated carbocycles. The SMILES string of the molecule is O=C=NC1(c2ccc3ocnc3c2)CCC1. The monoisotopic (exact) mass is 214 g/mol. The van der Waals surface area contributed by atoms with Crippen molar-refractivity contribution in [2.24, 2.45) is 4.99 Å². The predicted molar refractivity (Wildman–Crippen MR) is 57.7 cm³/mol. The molecule has 0 aliphatic heterocycles. The average Bonchev–Trinajstić information content (AvgIpc) is 2.70. The molecule has 0 amide bonds. The molecule has 0 atom stereocenters. The Hall–Kier alpha value is -1.93. The topological polar surface area (TPSA) is 55.5 Å². The number of fused-ring (bicyclic) bond motifs is 1. The Morgan fingerprint density at radius 3 is 3.00 bits per heavy atom. The van der Waals surface area contributed by atoms with Gasteiger partial charge in [0.25, 0.3) is 0 Å². The first-order valence-electron chi connectivity index (χ1n) is 5.27. The van der Waals surface area contributed by atoms with Crippen molar-refractivity contribution in [1.29, 1.82) is 0 Å². The maximum atomic E-state index is 10.5. The van der Waals surface area contributed by atoms with Crippen molar-refractivity contribution >= 4 is 17.2 Å². The molecule has 0 spiro atoms. The van der Waals surface area contributed by atoms with Crippen LogP contribution in [0.2, 0.25) is 0 Å². The van der Waals surface area contributed by atoms with Crippen molar-refractivity contribution in [3.05, 3.63) is 30.2 Å². The molecule has 3 rings (SSSR count). The lowest BCUT2D eigenvalue weighted by Gasteiger charge is -2.36. The van der Waals surface area contributed by atoms with Gasteiger partial charge in [0.2, 0.25) is 6.08 Å². The van der Waals surface area contributed by atoms with Gasteiger partial charge in [-0.15, -0.1) is 0 Å². The Labute approximate surface area is 92.0 Å². The van der Waals surface area contributed by atoms with Crippen molar-refractivity contribution in [3.8, 4) is 0 Å². The molecule has 16 heavy (non-hydrogen) atoms. The standard InChI is InChI=1S/C12H10N2O2/c15-7-14-12(4-1-5-12)9-2-3-11-10(6-9)13-8-16-11/h2-3,6,8H,1,4-5H2. The molecular weight excluding hydrogens is 204 g/mol. The van der Waals surface area contributed by atoms with E-state index >= 15 is 0 Å². The second kappa shape index (κ2) is 3.29. The van der Waals surface area contributed by atoms with E-state index in [4.69, 9.17) is 4.42 Å². The van der Waals surface area contributed by atoms with Crippen molar-refractivity contribution in [2.45, 2.75) is 24.8 Å². The predicted octanol–water partition coefficient (Wildman–Crippen LogP) is 2.54. The molecule has 0 N–H and O–H groups in total. The normalized spacial score (nSPS) is 17.8. The summed E-state index contributed by atoms with van der Waals surface area (Å²) in [4.78, 5) is 18.5. The lowest BCUT2D eigenvalue weighted by molar-refractivity contribution is 0.256. The maximum absolute atomic E-state index is 10.5. The minimum Gasteiger partial charge on any atom is -0.443 e. The molecule has 0 radical (unpaired) electrons. The van der Waals surface area contributed by atoms with E-state index in [1.54, 1.807) is 6.08 Å². The summed E-state index contributed by atoms with van der Waals surface area (Å²) in [5, 5.41) is 0. The third-order valence-corrected chi connectivity index (χ3v) is 3.31. The minimum absolute atomic E-state index is 0.352. The van der Waals surface area contributed by atoms with E-state index in [-0.39, 0.29) is 5.54 Å². The van der Waals surface area contributed by atoms with E-state index < -0.39 is 0 Å². The van der Waals surface area contributed by atoms with E-state index in [2.05, 4.69) is 9.98 Å². The van der Waals surface area contributed by atoms with Gasteiger partial charge >= 0.3 is 0 Å². The fourth-order valence-corrected chi connectivity index (χ4v) is 2.21. The third-order valence-electron chi connectivity index (χ3n) is 3.31. The van der Waals surface area contributed by atoms with Crippen molar-refractivity contribution in [2.75, 3.05) is 0 Å². The fraction of sp³-hybridized carbons (Fsp3) is 0.333. The van der Waals surface area contributed by atoms with Crippen LogP contribution in [-0.2, 0) is 10.3 Å². The molecule has 4 heteroatoms. The first-order valence-corrected chi connectivity index (χ1v) is 5.27. The number of nitrogens with zero attached hydrogens (tertiary/aromatic N) is 2. The van der Waals surface area contributed by atoms with Crippen LogP contribution in [-0.4, -0.2) is 11.1 Å². The van der Waals surface area contributed by atoms with E-state index in [0.717, 1.165) is 35.9 Å². The number of carbonyl (C=O) groups excluding carboxylic acids is 1. The van der Waals surface area contributed by atoms with Crippen LogP contribution >= 0.6 is 0 Å². The van der Waals surface area contributed by atoms with Crippen molar-refractivity contribution in [1.82, 2.24) is 4.98 Å². The second-order valence-corrected chi connectivity index (χ2v) is 4.12. The van der Waals surface area contributed by atoms with Crippen LogP contribution in [0.5, 0.6) is 0 Å². The number of oxazole rings is 1. The number of benzene rings is 1. The molecule has 0 saturated heterocycles. The van der Waals surface area contributed by atoms with Gasteiger partial charge < -0.3 is 4.42 Å². The highest BCUT2D eigenvalue weighted by molar-refractivity contribution is 5.73. The van der Waals surface area contributed by atoms with Crippen LogP contribution in [0.4, 0.5) is 0 Å². The quantitative estimate of drug-likeness (QED) is 0.570. The molecular formula is C12H10N2O2. The number of rotatable bonds is 2. The zero-order valence-electron chi connectivity index (χ0n) is 8.64. The number of aliphatic imine (C=N–C) groups is 1. The summed E-state index contributed by atoms with van der Waals surface area (Å²) in [6, 6.07) is 5.77. The third kappa shape index (κ3) is 1.20. The van der Waals surface area contributed by atoms with E-state index in [9.17, 15) is 4.79 Å². The highest BCUT2D eigenvalue weighted by Crippen LogP contribution is 2.45. The first kappa shape index (κ1) is 9.31. The van der Waals surface area contributed by atoms with Gasteiger partial charge in [0.05, 0.1) is 5.54 Å². The molecule has 0 bridgehead atoms.